The maximum Gasteiger partial charge on any atom is 0.270 e. The average molecular weight is 467 g/mol. The van der Waals surface area contributed by atoms with Crippen molar-refractivity contribution in [2.24, 2.45) is 0 Å². The number of hydrogen-bond acceptors (Lipinski definition) is 6. The molecule has 1 heterocycles. The highest BCUT2D eigenvalue weighted by atomic mass is 32.2. The number of anilines is 1. The Hall–Kier alpha value is -3.56. The number of nitro groups is 1. The van der Waals surface area contributed by atoms with Crippen LogP contribution in [0.3, 0.4) is 0 Å². The van der Waals surface area contributed by atoms with E-state index in [1.54, 1.807) is 48.5 Å². The lowest BCUT2D eigenvalue weighted by Crippen LogP contribution is -2.27. The summed E-state index contributed by atoms with van der Waals surface area (Å²) in [4.78, 5) is 25.0. The zero-order valence-corrected chi connectivity index (χ0v) is 18.1. The molecular weight excluding hydrogens is 451 g/mol. The van der Waals surface area contributed by atoms with Gasteiger partial charge in [-0.2, -0.15) is 0 Å². The maximum absolute atomic E-state index is 13.7. The van der Waals surface area contributed by atoms with Gasteiger partial charge in [-0.1, -0.05) is 54.3 Å². The summed E-state index contributed by atoms with van der Waals surface area (Å²) in [5, 5.41) is 10.8. The molecule has 1 saturated heterocycles. The molecule has 0 atom stereocenters. The van der Waals surface area contributed by atoms with Gasteiger partial charge in [0.1, 0.15) is 18.2 Å². The minimum atomic E-state index is -0.502. The first-order chi connectivity index (χ1) is 15.4. The number of amides is 1. The van der Waals surface area contributed by atoms with E-state index in [4.69, 9.17) is 17.0 Å². The Kier molecular flexibility index (Phi) is 6.29. The summed E-state index contributed by atoms with van der Waals surface area (Å²) in [6.45, 7) is 0.111. The van der Waals surface area contributed by atoms with Gasteiger partial charge in [0.2, 0.25) is 0 Å². The number of thiocarbonyl (C=S) groups is 1. The van der Waals surface area contributed by atoms with Crippen LogP contribution in [0, 0.1) is 15.9 Å². The normalized spacial score (nSPS) is 14.8. The van der Waals surface area contributed by atoms with Crippen molar-refractivity contribution in [3.05, 3.63) is 105 Å². The molecule has 4 rings (SSSR count). The molecule has 3 aromatic carbocycles. The number of non-ortho nitro benzene ring substituents is 1. The van der Waals surface area contributed by atoms with E-state index in [1.165, 1.54) is 35.2 Å². The van der Waals surface area contributed by atoms with Crippen LogP contribution in [0.5, 0.6) is 5.75 Å². The summed E-state index contributed by atoms with van der Waals surface area (Å²) in [6.07, 6.45) is 1.71. The van der Waals surface area contributed by atoms with Gasteiger partial charge < -0.3 is 4.74 Å². The smallest absolute Gasteiger partial charge is 0.270 e. The molecule has 0 unspecified atom stereocenters. The summed E-state index contributed by atoms with van der Waals surface area (Å²) >= 11 is 6.49. The highest BCUT2D eigenvalue weighted by Gasteiger charge is 2.33. The first-order valence-electron chi connectivity index (χ1n) is 9.41. The first kappa shape index (κ1) is 21.7. The van der Waals surface area contributed by atoms with E-state index in [9.17, 15) is 19.3 Å². The van der Waals surface area contributed by atoms with E-state index in [1.807, 2.05) is 0 Å². The van der Waals surface area contributed by atoms with Crippen molar-refractivity contribution in [2.75, 3.05) is 4.90 Å². The molecular formula is C23H15FN2O4S2. The fourth-order valence-electron chi connectivity index (χ4n) is 3.00. The minimum absolute atomic E-state index is 0.0629. The van der Waals surface area contributed by atoms with E-state index in [-0.39, 0.29) is 24.0 Å². The van der Waals surface area contributed by atoms with Crippen LogP contribution in [0.25, 0.3) is 6.08 Å². The van der Waals surface area contributed by atoms with Crippen LogP contribution in [0.1, 0.15) is 11.1 Å². The number of thioether (sulfide) groups is 1. The van der Waals surface area contributed by atoms with Crippen molar-refractivity contribution in [2.45, 2.75) is 6.61 Å². The number of hydrogen-bond donors (Lipinski definition) is 0. The fourth-order valence-corrected chi connectivity index (χ4v) is 4.30. The van der Waals surface area contributed by atoms with Gasteiger partial charge in [0.15, 0.2) is 4.32 Å². The molecule has 0 saturated carbocycles. The van der Waals surface area contributed by atoms with Gasteiger partial charge >= 0.3 is 0 Å². The number of rotatable bonds is 6. The average Bonchev–Trinajstić information content (AvgIpc) is 3.07. The number of carbonyl (C=O) groups excluding carboxylic acids is 1. The molecule has 0 N–H and O–H groups in total. The number of nitrogens with zero attached hydrogens (tertiary/aromatic N) is 2. The van der Waals surface area contributed by atoms with Gasteiger partial charge in [0.05, 0.1) is 15.5 Å². The van der Waals surface area contributed by atoms with Crippen molar-refractivity contribution in [1.29, 1.82) is 0 Å². The maximum atomic E-state index is 13.7. The largest absolute Gasteiger partial charge is 0.489 e. The number of ether oxygens (including phenoxy) is 1. The molecule has 160 valence electrons. The van der Waals surface area contributed by atoms with Crippen LogP contribution in [0.15, 0.2) is 77.7 Å². The molecule has 32 heavy (non-hydrogen) atoms. The molecule has 6 nitrogen and oxygen atoms in total. The quantitative estimate of drug-likeness (QED) is 0.200. The van der Waals surface area contributed by atoms with Gasteiger partial charge in [-0.05, 0) is 42.0 Å². The first-order valence-corrected chi connectivity index (χ1v) is 10.6. The molecule has 1 fully saturated rings. The Morgan fingerprint density at radius 2 is 1.75 bits per heavy atom. The molecule has 9 heteroatoms. The Balaban J connectivity index is 1.45. The molecule has 1 aliphatic rings. The molecule has 0 aliphatic carbocycles. The number of carbonyl (C=O) groups is 1. The van der Waals surface area contributed by atoms with Crippen LogP contribution >= 0.6 is 24.0 Å². The van der Waals surface area contributed by atoms with Gasteiger partial charge in [-0.3, -0.25) is 19.8 Å². The molecule has 1 aliphatic heterocycles. The molecule has 0 radical (unpaired) electrons. The topological polar surface area (TPSA) is 72.7 Å². The van der Waals surface area contributed by atoms with E-state index < -0.39 is 4.92 Å². The Morgan fingerprint density at radius 3 is 2.41 bits per heavy atom. The fraction of sp³-hybridized carbons (Fsp3) is 0.0435. The molecule has 1 amide bonds. The Bertz CT molecular complexity index is 1230. The van der Waals surface area contributed by atoms with Crippen LogP contribution in [-0.2, 0) is 11.4 Å². The Labute approximate surface area is 192 Å². The monoisotopic (exact) mass is 466 g/mol. The second kappa shape index (κ2) is 9.29. The predicted octanol–water partition coefficient (Wildman–Crippen LogP) is 5.72. The summed E-state index contributed by atoms with van der Waals surface area (Å²) in [5.74, 6) is -0.0447. The van der Waals surface area contributed by atoms with Crippen molar-refractivity contribution < 1.29 is 18.8 Å². The third-order valence-electron chi connectivity index (χ3n) is 4.64. The van der Waals surface area contributed by atoms with Crippen LogP contribution in [0.2, 0.25) is 0 Å². The second-order valence-electron chi connectivity index (χ2n) is 6.74. The number of benzene rings is 3. The van der Waals surface area contributed by atoms with Crippen molar-refractivity contribution in [1.82, 2.24) is 0 Å². The summed E-state index contributed by atoms with van der Waals surface area (Å²) in [6, 6.07) is 19.1. The Morgan fingerprint density at radius 1 is 1.06 bits per heavy atom. The predicted molar refractivity (Wildman–Crippen MR) is 126 cm³/mol. The minimum Gasteiger partial charge on any atom is -0.489 e. The summed E-state index contributed by atoms with van der Waals surface area (Å²) in [7, 11) is 0. The van der Waals surface area contributed by atoms with Crippen LogP contribution < -0.4 is 9.64 Å². The second-order valence-corrected chi connectivity index (χ2v) is 8.42. The standard InChI is InChI=1S/C23H15FN2O4S2/c24-20-4-2-1-3-16(20)14-30-19-11-5-15(6-12-19)13-21-22(27)25(23(31)32-21)17-7-9-18(10-8-17)26(28)29/h1-13H,14H2/b21-13+. The van der Waals surface area contributed by atoms with Crippen LogP contribution in [0.4, 0.5) is 15.8 Å². The molecule has 0 bridgehead atoms. The highest BCUT2D eigenvalue weighted by molar-refractivity contribution is 8.27. The van der Waals surface area contributed by atoms with Gasteiger partial charge in [0, 0.05) is 17.7 Å². The van der Waals surface area contributed by atoms with Gasteiger partial charge in [0.25, 0.3) is 11.6 Å². The van der Waals surface area contributed by atoms with E-state index in [2.05, 4.69) is 0 Å². The zero-order chi connectivity index (χ0) is 22.7. The third-order valence-corrected chi connectivity index (χ3v) is 5.94. The molecule has 3 aromatic rings. The third kappa shape index (κ3) is 4.68. The zero-order valence-electron chi connectivity index (χ0n) is 16.4. The summed E-state index contributed by atoms with van der Waals surface area (Å²) < 4.78 is 19.7. The summed E-state index contributed by atoms with van der Waals surface area (Å²) in [5.41, 5.74) is 1.64. The lowest BCUT2D eigenvalue weighted by Gasteiger charge is -2.13. The van der Waals surface area contributed by atoms with Gasteiger partial charge in [-0.15, -0.1) is 0 Å². The SMILES string of the molecule is O=C1/C(=C\c2ccc(OCc3ccccc3F)cc2)SC(=S)N1c1ccc([N+](=O)[O-])cc1. The van der Waals surface area contributed by atoms with E-state index in [0.717, 1.165) is 17.3 Å². The molecule has 0 aromatic heterocycles. The van der Waals surface area contributed by atoms with Crippen molar-refractivity contribution in [3.63, 3.8) is 0 Å². The number of nitro benzene ring substituents is 1. The van der Waals surface area contributed by atoms with Crippen molar-refractivity contribution >= 4 is 51.7 Å². The highest BCUT2D eigenvalue weighted by Crippen LogP contribution is 2.36. The lowest BCUT2D eigenvalue weighted by atomic mass is 10.2. The molecule has 0 spiro atoms. The lowest BCUT2D eigenvalue weighted by molar-refractivity contribution is -0.384. The van der Waals surface area contributed by atoms with Crippen molar-refractivity contribution in [3.8, 4) is 5.75 Å². The number of halogens is 1. The van der Waals surface area contributed by atoms with E-state index >= 15 is 0 Å². The van der Waals surface area contributed by atoms with Gasteiger partial charge in [-0.25, -0.2) is 4.39 Å². The van der Waals surface area contributed by atoms with E-state index in [0.29, 0.717) is 26.2 Å². The van der Waals surface area contributed by atoms with Crippen LogP contribution in [-0.4, -0.2) is 15.2 Å².